The van der Waals surface area contributed by atoms with Crippen molar-refractivity contribution in [2.75, 3.05) is 7.11 Å². The van der Waals surface area contributed by atoms with Gasteiger partial charge in [0.1, 0.15) is 11.5 Å². The molecule has 0 bridgehead atoms. The molecule has 0 aliphatic heterocycles. The molecule has 2 rings (SSSR count). The Kier molecular flexibility index (Phi) is 4.16. The SMILES string of the molecule is COc1ccc(C(=O)Oc2ccccc2)cc1C(F)(F)F. The molecular formula is C15H11F3O3. The van der Waals surface area contributed by atoms with Crippen LogP contribution in [0.4, 0.5) is 13.2 Å². The second kappa shape index (κ2) is 5.87. The van der Waals surface area contributed by atoms with Gasteiger partial charge in [-0.25, -0.2) is 4.79 Å². The van der Waals surface area contributed by atoms with E-state index in [0.29, 0.717) is 6.07 Å². The fourth-order valence-electron chi connectivity index (χ4n) is 1.71. The van der Waals surface area contributed by atoms with E-state index in [4.69, 9.17) is 4.74 Å². The zero-order valence-corrected chi connectivity index (χ0v) is 11.0. The third kappa shape index (κ3) is 3.53. The minimum absolute atomic E-state index is 0.202. The molecule has 0 saturated heterocycles. The molecule has 21 heavy (non-hydrogen) atoms. The molecule has 0 heterocycles. The molecule has 2 aromatic carbocycles. The first kappa shape index (κ1) is 14.9. The van der Waals surface area contributed by atoms with Crippen LogP contribution in [0.2, 0.25) is 0 Å². The summed E-state index contributed by atoms with van der Waals surface area (Å²) in [4.78, 5) is 11.9. The minimum atomic E-state index is -4.62. The van der Waals surface area contributed by atoms with Crippen molar-refractivity contribution in [1.29, 1.82) is 0 Å². The lowest BCUT2D eigenvalue weighted by atomic mass is 10.1. The Labute approximate surface area is 118 Å². The van der Waals surface area contributed by atoms with Gasteiger partial charge in [-0.1, -0.05) is 18.2 Å². The van der Waals surface area contributed by atoms with E-state index in [0.717, 1.165) is 13.2 Å². The van der Waals surface area contributed by atoms with Crippen LogP contribution in [0.5, 0.6) is 11.5 Å². The zero-order chi connectivity index (χ0) is 15.5. The van der Waals surface area contributed by atoms with Crippen LogP contribution < -0.4 is 9.47 Å². The van der Waals surface area contributed by atoms with Crippen LogP contribution in [0.3, 0.4) is 0 Å². The number of methoxy groups -OCH3 is 1. The first-order chi connectivity index (χ1) is 9.91. The maximum absolute atomic E-state index is 12.9. The maximum Gasteiger partial charge on any atom is 0.419 e. The van der Waals surface area contributed by atoms with E-state index in [2.05, 4.69) is 4.74 Å². The third-order valence-corrected chi connectivity index (χ3v) is 2.69. The number of hydrogen-bond acceptors (Lipinski definition) is 3. The van der Waals surface area contributed by atoms with Gasteiger partial charge in [-0.2, -0.15) is 13.2 Å². The van der Waals surface area contributed by atoms with E-state index in [1.807, 2.05) is 0 Å². The molecule has 0 atom stereocenters. The second-order valence-corrected chi connectivity index (χ2v) is 4.12. The predicted molar refractivity (Wildman–Crippen MR) is 69.4 cm³/mol. The summed E-state index contributed by atoms with van der Waals surface area (Å²) in [5.41, 5.74) is -1.22. The Bertz CT molecular complexity index is 636. The van der Waals surface area contributed by atoms with Crippen molar-refractivity contribution >= 4 is 5.97 Å². The molecule has 3 nitrogen and oxygen atoms in total. The van der Waals surface area contributed by atoms with Crippen LogP contribution in [-0.2, 0) is 6.18 Å². The number of carbonyl (C=O) groups is 1. The van der Waals surface area contributed by atoms with Gasteiger partial charge in [-0.05, 0) is 30.3 Å². The first-order valence-electron chi connectivity index (χ1n) is 5.94. The van der Waals surface area contributed by atoms with Crippen LogP contribution in [0, 0.1) is 0 Å². The predicted octanol–water partition coefficient (Wildman–Crippen LogP) is 3.93. The number of rotatable bonds is 3. The van der Waals surface area contributed by atoms with E-state index < -0.39 is 17.7 Å². The smallest absolute Gasteiger partial charge is 0.419 e. The number of carbonyl (C=O) groups excluding carboxylic acids is 1. The highest BCUT2D eigenvalue weighted by Crippen LogP contribution is 2.36. The van der Waals surface area contributed by atoms with Gasteiger partial charge in [0.25, 0.3) is 0 Å². The summed E-state index contributed by atoms with van der Waals surface area (Å²) in [6.07, 6.45) is -4.62. The molecule has 0 saturated carbocycles. The quantitative estimate of drug-likeness (QED) is 0.636. The van der Waals surface area contributed by atoms with Gasteiger partial charge in [0.05, 0.1) is 18.2 Å². The van der Waals surface area contributed by atoms with Crippen LogP contribution >= 0.6 is 0 Å². The maximum atomic E-state index is 12.9. The minimum Gasteiger partial charge on any atom is -0.496 e. The number of esters is 1. The highest BCUT2D eigenvalue weighted by molar-refractivity contribution is 5.91. The van der Waals surface area contributed by atoms with Crippen molar-refractivity contribution in [3.8, 4) is 11.5 Å². The summed E-state index contributed by atoms with van der Waals surface area (Å²) in [7, 11) is 1.13. The van der Waals surface area contributed by atoms with Gasteiger partial charge in [0, 0.05) is 0 Å². The Morgan fingerprint density at radius 3 is 2.29 bits per heavy atom. The number of para-hydroxylation sites is 1. The highest BCUT2D eigenvalue weighted by atomic mass is 19.4. The average molecular weight is 296 g/mol. The van der Waals surface area contributed by atoms with Crippen molar-refractivity contribution in [1.82, 2.24) is 0 Å². The van der Waals surface area contributed by atoms with Crippen molar-refractivity contribution in [3.63, 3.8) is 0 Å². The Morgan fingerprint density at radius 1 is 1.05 bits per heavy atom. The van der Waals surface area contributed by atoms with Crippen LogP contribution in [-0.4, -0.2) is 13.1 Å². The van der Waals surface area contributed by atoms with Gasteiger partial charge in [0.2, 0.25) is 0 Å². The Balaban J connectivity index is 2.30. The first-order valence-corrected chi connectivity index (χ1v) is 5.94. The monoisotopic (exact) mass is 296 g/mol. The number of ether oxygens (including phenoxy) is 2. The van der Waals surface area contributed by atoms with Crippen molar-refractivity contribution in [2.24, 2.45) is 0 Å². The molecule has 110 valence electrons. The molecule has 0 fully saturated rings. The molecule has 0 aliphatic rings. The van der Waals surface area contributed by atoms with E-state index in [-0.39, 0.29) is 17.1 Å². The average Bonchev–Trinajstić information content (AvgIpc) is 2.46. The van der Waals surface area contributed by atoms with E-state index in [1.165, 1.54) is 18.2 Å². The van der Waals surface area contributed by atoms with E-state index in [9.17, 15) is 18.0 Å². The van der Waals surface area contributed by atoms with Gasteiger partial charge in [0.15, 0.2) is 0 Å². The van der Waals surface area contributed by atoms with Crippen LogP contribution in [0.25, 0.3) is 0 Å². The number of halogens is 3. The molecule has 0 aromatic heterocycles. The molecule has 0 unspecified atom stereocenters. The molecule has 0 spiro atoms. The number of benzene rings is 2. The van der Waals surface area contributed by atoms with Gasteiger partial charge < -0.3 is 9.47 Å². The van der Waals surface area contributed by atoms with Crippen LogP contribution in [0.15, 0.2) is 48.5 Å². The van der Waals surface area contributed by atoms with Gasteiger partial charge >= 0.3 is 12.1 Å². The summed E-state index contributed by atoms with van der Waals surface area (Å²) in [6.45, 7) is 0. The largest absolute Gasteiger partial charge is 0.496 e. The summed E-state index contributed by atoms with van der Waals surface area (Å²) < 4.78 is 48.3. The van der Waals surface area contributed by atoms with E-state index in [1.54, 1.807) is 18.2 Å². The van der Waals surface area contributed by atoms with Gasteiger partial charge in [-0.3, -0.25) is 0 Å². The van der Waals surface area contributed by atoms with Crippen molar-refractivity contribution < 1.29 is 27.4 Å². The summed E-state index contributed by atoms with van der Waals surface area (Å²) in [6, 6.07) is 11.1. The van der Waals surface area contributed by atoms with Crippen molar-refractivity contribution in [2.45, 2.75) is 6.18 Å². The lowest BCUT2D eigenvalue weighted by Crippen LogP contribution is -2.13. The lowest BCUT2D eigenvalue weighted by Gasteiger charge is -2.13. The standard InChI is InChI=1S/C15H11F3O3/c1-20-13-8-7-10(9-12(13)15(16,17)18)14(19)21-11-5-3-2-4-6-11/h2-9H,1H3. The third-order valence-electron chi connectivity index (χ3n) is 2.69. The van der Waals surface area contributed by atoms with Gasteiger partial charge in [-0.15, -0.1) is 0 Å². The summed E-state index contributed by atoms with van der Waals surface area (Å²) >= 11 is 0. The molecule has 0 radical (unpaired) electrons. The summed E-state index contributed by atoms with van der Waals surface area (Å²) in [5.74, 6) is -0.958. The highest BCUT2D eigenvalue weighted by Gasteiger charge is 2.35. The fraction of sp³-hybridized carbons (Fsp3) is 0.133. The number of alkyl halides is 3. The topological polar surface area (TPSA) is 35.5 Å². The molecule has 0 aliphatic carbocycles. The number of hydrogen-bond donors (Lipinski definition) is 0. The molecule has 0 amide bonds. The molecule has 0 N–H and O–H groups in total. The molecule has 2 aromatic rings. The summed E-state index contributed by atoms with van der Waals surface area (Å²) in [5, 5.41) is 0. The zero-order valence-electron chi connectivity index (χ0n) is 11.0. The van der Waals surface area contributed by atoms with Crippen LogP contribution in [0.1, 0.15) is 15.9 Å². The molecular weight excluding hydrogens is 285 g/mol. The normalized spacial score (nSPS) is 11.0. The van der Waals surface area contributed by atoms with Crippen molar-refractivity contribution in [3.05, 3.63) is 59.7 Å². The lowest BCUT2D eigenvalue weighted by molar-refractivity contribution is -0.138. The molecule has 6 heteroatoms. The fourth-order valence-corrected chi connectivity index (χ4v) is 1.71. The Hall–Kier alpha value is -2.50. The Morgan fingerprint density at radius 2 is 1.71 bits per heavy atom. The second-order valence-electron chi connectivity index (χ2n) is 4.12. The van der Waals surface area contributed by atoms with E-state index >= 15 is 0 Å².